The molecule has 0 radical (unpaired) electrons. The molecule has 3 rings (SSSR count). The summed E-state index contributed by atoms with van der Waals surface area (Å²) in [6.45, 7) is 7.98. The first-order valence-corrected chi connectivity index (χ1v) is 9.85. The summed E-state index contributed by atoms with van der Waals surface area (Å²) in [5.41, 5.74) is 0. The number of likely N-dealkylation sites (tertiary alicyclic amines) is 2. The lowest BCUT2D eigenvalue weighted by Crippen LogP contribution is -2.51. The molecule has 3 fully saturated rings. The largest absolute Gasteiger partial charge is 0.353 e. The van der Waals surface area contributed by atoms with Crippen LogP contribution in [0.3, 0.4) is 0 Å². The molecule has 2 heterocycles. The summed E-state index contributed by atoms with van der Waals surface area (Å²) < 4.78 is 0. The van der Waals surface area contributed by atoms with Crippen molar-refractivity contribution < 1.29 is 9.59 Å². The zero-order chi connectivity index (χ0) is 17.1. The van der Waals surface area contributed by atoms with Crippen LogP contribution in [0.4, 0.5) is 0 Å². The number of nitrogens with one attached hydrogen (secondary N) is 1. The quantitative estimate of drug-likeness (QED) is 0.836. The molecule has 2 amide bonds. The molecular formula is C19H33N3O2. The van der Waals surface area contributed by atoms with Crippen LogP contribution < -0.4 is 5.32 Å². The number of piperidine rings is 2. The van der Waals surface area contributed by atoms with Gasteiger partial charge in [-0.05, 0) is 51.0 Å². The number of nitrogens with zero attached hydrogens (tertiary/aromatic N) is 2. The average molecular weight is 335 g/mol. The molecule has 136 valence electrons. The minimum absolute atomic E-state index is 0.167. The van der Waals surface area contributed by atoms with Crippen LogP contribution in [0, 0.1) is 11.8 Å². The third kappa shape index (κ3) is 4.71. The first-order valence-electron chi connectivity index (χ1n) is 9.85. The number of rotatable bonds is 5. The van der Waals surface area contributed by atoms with E-state index in [9.17, 15) is 9.59 Å². The third-order valence-corrected chi connectivity index (χ3v) is 5.66. The lowest BCUT2D eigenvalue weighted by molar-refractivity contribution is -0.133. The van der Waals surface area contributed by atoms with Gasteiger partial charge in [0.05, 0.1) is 5.92 Å². The first-order chi connectivity index (χ1) is 11.5. The molecule has 2 saturated heterocycles. The van der Waals surface area contributed by atoms with E-state index >= 15 is 0 Å². The fourth-order valence-electron chi connectivity index (χ4n) is 4.06. The SMILES string of the molecule is CC(C)CC(=O)N1CCC(N2CCCC(C(=O)NC3CC3)C2)CC1. The summed E-state index contributed by atoms with van der Waals surface area (Å²) in [6, 6.07) is 1.01. The zero-order valence-corrected chi connectivity index (χ0v) is 15.3. The average Bonchev–Trinajstić information content (AvgIpc) is 3.38. The monoisotopic (exact) mass is 335 g/mol. The number of hydrogen-bond acceptors (Lipinski definition) is 3. The molecule has 3 aliphatic rings. The van der Waals surface area contributed by atoms with Gasteiger partial charge in [0.25, 0.3) is 0 Å². The first kappa shape index (κ1) is 17.7. The Labute approximate surface area is 146 Å². The van der Waals surface area contributed by atoms with Gasteiger partial charge in [0.1, 0.15) is 0 Å². The highest BCUT2D eigenvalue weighted by Crippen LogP contribution is 2.26. The molecular weight excluding hydrogens is 302 g/mol. The van der Waals surface area contributed by atoms with E-state index in [1.807, 2.05) is 4.90 Å². The molecule has 0 aromatic carbocycles. The summed E-state index contributed by atoms with van der Waals surface area (Å²) in [4.78, 5) is 29.1. The predicted octanol–water partition coefficient (Wildman–Crippen LogP) is 2.01. The highest BCUT2D eigenvalue weighted by molar-refractivity contribution is 5.79. The van der Waals surface area contributed by atoms with Crippen LogP contribution in [0.25, 0.3) is 0 Å². The number of carbonyl (C=O) groups excluding carboxylic acids is 2. The summed E-state index contributed by atoms with van der Waals surface area (Å²) >= 11 is 0. The number of hydrogen-bond donors (Lipinski definition) is 1. The Morgan fingerprint density at radius 1 is 1.04 bits per heavy atom. The Hall–Kier alpha value is -1.10. The Kier molecular flexibility index (Phi) is 5.80. The molecule has 0 aromatic rings. The lowest BCUT2D eigenvalue weighted by Gasteiger charge is -2.42. The minimum Gasteiger partial charge on any atom is -0.353 e. The summed E-state index contributed by atoms with van der Waals surface area (Å²) in [5, 5.41) is 3.17. The van der Waals surface area contributed by atoms with E-state index in [1.165, 1.54) is 0 Å². The third-order valence-electron chi connectivity index (χ3n) is 5.66. The molecule has 0 spiro atoms. The van der Waals surface area contributed by atoms with Crippen LogP contribution >= 0.6 is 0 Å². The van der Waals surface area contributed by atoms with E-state index in [1.54, 1.807) is 0 Å². The Balaban J connectivity index is 1.45. The molecule has 0 bridgehead atoms. The van der Waals surface area contributed by atoms with Gasteiger partial charge in [0.2, 0.25) is 11.8 Å². The van der Waals surface area contributed by atoms with Crippen LogP contribution in [-0.4, -0.2) is 59.9 Å². The second-order valence-electron chi connectivity index (χ2n) is 8.33. The van der Waals surface area contributed by atoms with Crippen molar-refractivity contribution >= 4 is 11.8 Å². The second-order valence-corrected chi connectivity index (χ2v) is 8.33. The zero-order valence-electron chi connectivity index (χ0n) is 15.3. The van der Waals surface area contributed by atoms with E-state index in [-0.39, 0.29) is 11.8 Å². The molecule has 2 aliphatic heterocycles. The highest BCUT2D eigenvalue weighted by atomic mass is 16.2. The summed E-state index contributed by atoms with van der Waals surface area (Å²) in [5.74, 6) is 1.18. The Morgan fingerprint density at radius 3 is 2.38 bits per heavy atom. The van der Waals surface area contributed by atoms with E-state index in [2.05, 4.69) is 24.1 Å². The maximum Gasteiger partial charge on any atom is 0.224 e. The molecule has 1 unspecified atom stereocenters. The topological polar surface area (TPSA) is 52.7 Å². The van der Waals surface area contributed by atoms with Crippen molar-refractivity contribution in [1.82, 2.24) is 15.1 Å². The van der Waals surface area contributed by atoms with E-state index in [0.29, 0.717) is 30.3 Å². The Bertz CT molecular complexity index is 454. The van der Waals surface area contributed by atoms with Gasteiger partial charge in [-0.3, -0.25) is 14.5 Å². The maximum atomic E-state index is 12.3. The van der Waals surface area contributed by atoms with Crippen LogP contribution in [0.15, 0.2) is 0 Å². The predicted molar refractivity (Wildman–Crippen MR) is 94.5 cm³/mol. The maximum absolute atomic E-state index is 12.3. The van der Waals surface area contributed by atoms with E-state index in [4.69, 9.17) is 0 Å². The lowest BCUT2D eigenvalue weighted by atomic mass is 9.93. The van der Waals surface area contributed by atoms with Crippen molar-refractivity contribution in [2.24, 2.45) is 11.8 Å². The normalized spacial score (nSPS) is 26.6. The fourth-order valence-corrected chi connectivity index (χ4v) is 4.06. The minimum atomic E-state index is 0.167. The van der Waals surface area contributed by atoms with Crippen molar-refractivity contribution in [3.8, 4) is 0 Å². The van der Waals surface area contributed by atoms with Crippen molar-refractivity contribution in [3.05, 3.63) is 0 Å². The number of amides is 2. The molecule has 24 heavy (non-hydrogen) atoms. The van der Waals surface area contributed by atoms with Gasteiger partial charge < -0.3 is 10.2 Å². The Morgan fingerprint density at radius 2 is 1.75 bits per heavy atom. The van der Waals surface area contributed by atoms with Gasteiger partial charge in [-0.15, -0.1) is 0 Å². The number of carbonyl (C=O) groups is 2. The van der Waals surface area contributed by atoms with Crippen molar-refractivity contribution in [3.63, 3.8) is 0 Å². The van der Waals surface area contributed by atoms with Crippen LogP contribution in [-0.2, 0) is 9.59 Å². The van der Waals surface area contributed by atoms with Crippen LogP contribution in [0.5, 0.6) is 0 Å². The molecule has 0 aromatic heterocycles. The smallest absolute Gasteiger partial charge is 0.224 e. The van der Waals surface area contributed by atoms with E-state index in [0.717, 1.165) is 64.7 Å². The van der Waals surface area contributed by atoms with Crippen molar-refractivity contribution in [2.45, 2.75) is 70.9 Å². The van der Waals surface area contributed by atoms with Crippen molar-refractivity contribution in [1.29, 1.82) is 0 Å². The summed E-state index contributed by atoms with van der Waals surface area (Å²) in [6.07, 6.45) is 7.24. The molecule has 1 atom stereocenters. The molecule has 5 nitrogen and oxygen atoms in total. The van der Waals surface area contributed by atoms with E-state index < -0.39 is 0 Å². The van der Waals surface area contributed by atoms with Crippen molar-refractivity contribution in [2.75, 3.05) is 26.2 Å². The molecule has 1 saturated carbocycles. The highest BCUT2D eigenvalue weighted by Gasteiger charge is 2.34. The fraction of sp³-hybridized carbons (Fsp3) is 0.895. The van der Waals surface area contributed by atoms with Gasteiger partial charge in [-0.2, -0.15) is 0 Å². The molecule has 1 aliphatic carbocycles. The van der Waals surface area contributed by atoms with Gasteiger partial charge in [0.15, 0.2) is 0 Å². The van der Waals surface area contributed by atoms with Gasteiger partial charge in [-0.25, -0.2) is 0 Å². The van der Waals surface area contributed by atoms with Gasteiger partial charge in [-0.1, -0.05) is 13.8 Å². The van der Waals surface area contributed by atoms with Crippen LogP contribution in [0.1, 0.15) is 58.8 Å². The standard InChI is InChI=1S/C19H33N3O2/c1-14(2)12-18(23)21-10-7-17(8-11-21)22-9-3-4-15(13-22)19(24)20-16-5-6-16/h14-17H,3-13H2,1-2H3,(H,20,24). The molecule has 1 N–H and O–H groups in total. The van der Waals surface area contributed by atoms with Gasteiger partial charge >= 0.3 is 0 Å². The van der Waals surface area contributed by atoms with Crippen LogP contribution in [0.2, 0.25) is 0 Å². The molecule has 5 heteroatoms. The summed E-state index contributed by atoms with van der Waals surface area (Å²) in [7, 11) is 0. The van der Waals surface area contributed by atoms with Gasteiger partial charge in [0, 0.05) is 38.1 Å². The second kappa shape index (κ2) is 7.85.